The summed E-state index contributed by atoms with van der Waals surface area (Å²) in [5.74, 6) is 0. The predicted octanol–water partition coefficient (Wildman–Crippen LogP) is 2.62. The van der Waals surface area contributed by atoms with Crippen molar-refractivity contribution in [3.05, 3.63) is 35.4 Å². The summed E-state index contributed by atoms with van der Waals surface area (Å²) in [6, 6.07) is 8.62. The third-order valence-electron chi connectivity index (χ3n) is 3.97. The van der Waals surface area contributed by atoms with Crippen LogP contribution < -0.4 is 5.73 Å². The Hall–Kier alpha value is -0.900. The van der Waals surface area contributed by atoms with Crippen molar-refractivity contribution in [2.45, 2.75) is 37.6 Å². The van der Waals surface area contributed by atoms with Gasteiger partial charge in [-0.05, 0) is 43.2 Å². The van der Waals surface area contributed by atoms with Crippen LogP contribution in [0.5, 0.6) is 0 Å². The maximum absolute atomic E-state index is 6.63. The Kier molecular flexibility index (Phi) is 5.37. The van der Waals surface area contributed by atoms with Gasteiger partial charge in [0.2, 0.25) is 0 Å². The Bertz CT molecular complexity index is 394. The molecule has 19 heavy (non-hydrogen) atoms. The first-order valence-corrected chi connectivity index (χ1v) is 7.20. The van der Waals surface area contributed by atoms with E-state index in [9.17, 15) is 0 Å². The number of benzene rings is 1. The van der Waals surface area contributed by atoms with E-state index in [1.165, 1.54) is 24.0 Å². The minimum atomic E-state index is -0.153. The van der Waals surface area contributed by atoms with Crippen molar-refractivity contribution in [2.24, 2.45) is 5.73 Å². The quantitative estimate of drug-likeness (QED) is 0.769. The molecule has 0 amide bonds. The van der Waals surface area contributed by atoms with Crippen LogP contribution in [0.3, 0.4) is 0 Å². The summed E-state index contributed by atoms with van der Waals surface area (Å²) in [5, 5.41) is 0. The number of aryl methyl sites for hydroxylation is 1. The number of methoxy groups -OCH3 is 1. The van der Waals surface area contributed by atoms with Gasteiger partial charge >= 0.3 is 0 Å². The van der Waals surface area contributed by atoms with E-state index in [2.05, 4.69) is 24.3 Å². The van der Waals surface area contributed by atoms with Gasteiger partial charge in [0, 0.05) is 19.3 Å². The second kappa shape index (κ2) is 7.04. The number of nitrogens with two attached hydrogens (primary N) is 1. The molecule has 0 spiro atoms. The second-order valence-corrected chi connectivity index (χ2v) is 5.38. The van der Waals surface area contributed by atoms with Gasteiger partial charge in [-0.15, -0.1) is 0 Å². The summed E-state index contributed by atoms with van der Waals surface area (Å²) < 4.78 is 10.5. The normalized spacial score (nSPS) is 22.2. The van der Waals surface area contributed by atoms with E-state index in [0.29, 0.717) is 13.2 Å². The highest BCUT2D eigenvalue weighted by molar-refractivity contribution is 5.35. The topological polar surface area (TPSA) is 44.5 Å². The summed E-state index contributed by atoms with van der Waals surface area (Å²) in [7, 11) is 1.69. The number of fused-ring (bicyclic) bond motifs is 1. The molecule has 1 aromatic carbocycles. The summed E-state index contributed by atoms with van der Waals surface area (Å²) in [6.07, 6.45) is 5.45. The van der Waals surface area contributed by atoms with Crippen molar-refractivity contribution in [3.63, 3.8) is 0 Å². The zero-order valence-corrected chi connectivity index (χ0v) is 11.9. The highest BCUT2D eigenvalue weighted by atomic mass is 16.5. The van der Waals surface area contributed by atoms with Crippen LogP contribution in [-0.4, -0.2) is 26.9 Å². The fourth-order valence-corrected chi connectivity index (χ4v) is 2.95. The second-order valence-electron chi connectivity index (χ2n) is 5.38. The molecule has 0 radical (unpaired) electrons. The molecule has 0 bridgehead atoms. The Morgan fingerprint density at radius 1 is 1.21 bits per heavy atom. The van der Waals surface area contributed by atoms with E-state index >= 15 is 0 Å². The Morgan fingerprint density at radius 3 is 2.89 bits per heavy atom. The van der Waals surface area contributed by atoms with Crippen LogP contribution in [0.25, 0.3) is 0 Å². The van der Waals surface area contributed by atoms with Crippen molar-refractivity contribution in [1.29, 1.82) is 0 Å². The summed E-state index contributed by atoms with van der Waals surface area (Å²) >= 11 is 0. The Labute approximate surface area is 116 Å². The summed E-state index contributed by atoms with van der Waals surface area (Å²) in [6.45, 7) is 2.10. The Morgan fingerprint density at radius 2 is 2.05 bits per heavy atom. The fourth-order valence-electron chi connectivity index (χ4n) is 2.95. The highest BCUT2D eigenvalue weighted by Crippen LogP contribution is 2.36. The number of hydrogen-bond donors (Lipinski definition) is 1. The minimum absolute atomic E-state index is 0.153. The van der Waals surface area contributed by atoms with Gasteiger partial charge < -0.3 is 15.2 Å². The molecule has 1 unspecified atom stereocenters. The van der Waals surface area contributed by atoms with Crippen molar-refractivity contribution in [2.75, 3.05) is 26.9 Å². The zero-order valence-electron chi connectivity index (χ0n) is 11.9. The van der Waals surface area contributed by atoms with Crippen LogP contribution in [0, 0.1) is 0 Å². The summed E-state index contributed by atoms with van der Waals surface area (Å²) in [5.41, 5.74) is 9.25. The van der Waals surface area contributed by atoms with Crippen LogP contribution in [0.15, 0.2) is 24.3 Å². The zero-order chi connectivity index (χ0) is 13.6. The molecule has 1 aliphatic carbocycles. The highest BCUT2D eigenvalue weighted by Gasteiger charge is 2.31. The third-order valence-corrected chi connectivity index (χ3v) is 3.97. The average molecular weight is 263 g/mol. The maximum atomic E-state index is 6.63. The van der Waals surface area contributed by atoms with Crippen molar-refractivity contribution in [3.8, 4) is 0 Å². The molecule has 1 aromatic rings. The number of ether oxygens (including phenoxy) is 2. The lowest BCUT2D eigenvalue weighted by Crippen LogP contribution is -2.40. The monoisotopic (exact) mass is 263 g/mol. The predicted molar refractivity (Wildman–Crippen MR) is 77.2 cm³/mol. The van der Waals surface area contributed by atoms with E-state index < -0.39 is 0 Å². The van der Waals surface area contributed by atoms with Gasteiger partial charge in [0.25, 0.3) is 0 Å². The summed E-state index contributed by atoms with van der Waals surface area (Å²) in [4.78, 5) is 0. The lowest BCUT2D eigenvalue weighted by atomic mass is 9.75. The first-order valence-electron chi connectivity index (χ1n) is 7.20. The fraction of sp³-hybridized carbons (Fsp3) is 0.625. The third kappa shape index (κ3) is 3.78. The molecule has 2 N–H and O–H groups in total. The smallest absolute Gasteiger partial charge is 0.0700 e. The average Bonchev–Trinajstić information content (AvgIpc) is 2.43. The van der Waals surface area contributed by atoms with Gasteiger partial charge in [0.1, 0.15) is 0 Å². The molecule has 0 heterocycles. The van der Waals surface area contributed by atoms with Crippen molar-refractivity contribution >= 4 is 0 Å². The maximum Gasteiger partial charge on any atom is 0.0700 e. The molecule has 1 atom stereocenters. The molecule has 1 aliphatic rings. The lowest BCUT2D eigenvalue weighted by molar-refractivity contribution is 0.0659. The van der Waals surface area contributed by atoms with E-state index in [4.69, 9.17) is 15.2 Å². The van der Waals surface area contributed by atoms with E-state index in [0.717, 1.165) is 25.9 Å². The van der Waals surface area contributed by atoms with Crippen LogP contribution in [0.2, 0.25) is 0 Å². The van der Waals surface area contributed by atoms with E-state index in [1.54, 1.807) is 7.11 Å². The van der Waals surface area contributed by atoms with Crippen LogP contribution in [0.1, 0.15) is 36.8 Å². The molecule has 0 saturated carbocycles. The van der Waals surface area contributed by atoms with Crippen molar-refractivity contribution in [1.82, 2.24) is 0 Å². The molecular formula is C16H25NO2. The first-order chi connectivity index (χ1) is 9.26. The molecule has 106 valence electrons. The molecule has 3 nitrogen and oxygen atoms in total. The minimum Gasteiger partial charge on any atom is -0.382 e. The molecule has 0 aliphatic heterocycles. The van der Waals surface area contributed by atoms with Crippen LogP contribution in [0.4, 0.5) is 0 Å². The lowest BCUT2D eigenvalue weighted by Gasteiger charge is -2.36. The van der Waals surface area contributed by atoms with Gasteiger partial charge in [-0.2, -0.15) is 0 Å². The van der Waals surface area contributed by atoms with Gasteiger partial charge in [0.05, 0.1) is 13.2 Å². The van der Waals surface area contributed by atoms with E-state index in [-0.39, 0.29) is 5.54 Å². The van der Waals surface area contributed by atoms with Crippen LogP contribution in [-0.2, 0) is 21.4 Å². The number of hydrogen-bond acceptors (Lipinski definition) is 3. The number of rotatable bonds is 7. The molecule has 0 saturated heterocycles. The Balaban J connectivity index is 1.86. The first kappa shape index (κ1) is 14.5. The SMILES string of the molecule is COCCOCCCC1(N)CCCc2ccccc21. The molecule has 0 aromatic heterocycles. The standard InChI is InChI=1S/C16H25NO2/c1-18-12-13-19-11-5-10-16(17)9-4-7-14-6-2-3-8-15(14)16/h2-3,6,8H,4-5,7,9-13,17H2,1H3. The van der Waals surface area contributed by atoms with Gasteiger partial charge in [-0.3, -0.25) is 0 Å². The van der Waals surface area contributed by atoms with Gasteiger partial charge in [-0.25, -0.2) is 0 Å². The molecule has 2 rings (SSSR count). The molecule has 3 heteroatoms. The van der Waals surface area contributed by atoms with Crippen LogP contribution >= 0.6 is 0 Å². The largest absolute Gasteiger partial charge is 0.382 e. The molecular weight excluding hydrogens is 238 g/mol. The van der Waals surface area contributed by atoms with Gasteiger partial charge in [0.15, 0.2) is 0 Å². The van der Waals surface area contributed by atoms with Gasteiger partial charge in [-0.1, -0.05) is 24.3 Å². The van der Waals surface area contributed by atoms with Crippen molar-refractivity contribution < 1.29 is 9.47 Å². The molecule has 0 fully saturated rings. The van der Waals surface area contributed by atoms with E-state index in [1.807, 2.05) is 0 Å².